The number of aryl methyl sites for hydroxylation is 1. The van der Waals surface area contributed by atoms with Crippen molar-refractivity contribution in [2.45, 2.75) is 11.6 Å². The molecule has 0 aliphatic heterocycles. The maximum atomic E-state index is 12.4. The van der Waals surface area contributed by atoms with Gasteiger partial charge < -0.3 is 0 Å². The summed E-state index contributed by atoms with van der Waals surface area (Å²) in [5, 5.41) is 10.5. The van der Waals surface area contributed by atoms with Crippen molar-refractivity contribution < 1.29 is 0 Å². The first-order valence-corrected chi connectivity index (χ1v) is 9.71. The lowest BCUT2D eigenvalue weighted by atomic mass is 10.3. The summed E-state index contributed by atoms with van der Waals surface area (Å²) in [6.07, 6.45) is 5.05. The molecule has 9 heteroatoms. The van der Waals surface area contributed by atoms with Crippen molar-refractivity contribution in [2.24, 2.45) is 0 Å². The molecule has 4 aromatic heterocycles. The first-order valence-electron chi connectivity index (χ1n) is 8.72. The van der Waals surface area contributed by atoms with E-state index in [0.717, 1.165) is 21.7 Å². The summed E-state index contributed by atoms with van der Waals surface area (Å²) in [6, 6.07) is 15.4. The van der Waals surface area contributed by atoms with Crippen LogP contribution in [-0.2, 0) is 6.54 Å². The van der Waals surface area contributed by atoms with Crippen molar-refractivity contribution >= 4 is 28.4 Å². The Bertz CT molecular complexity index is 1320. The molecular formula is C19H15N7OS. The zero-order valence-electron chi connectivity index (χ0n) is 14.7. The molecule has 28 heavy (non-hydrogen) atoms. The Morgan fingerprint density at radius 1 is 1.00 bits per heavy atom. The molecule has 0 radical (unpaired) electrons. The lowest BCUT2D eigenvalue weighted by Gasteiger charge is -2.04. The van der Waals surface area contributed by atoms with E-state index in [9.17, 15) is 4.79 Å². The number of para-hydroxylation sites is 1. The quantitative estimate of drug-likeness (QED) is 0.339. The molecule has 0 unspecified atom stereocenters. The fraction of sp³-hybridized carbons (Fsp3) is 0.105. The van der Waals surface area contributed by atoms with Gasteiger partial charge in [-0.05, 0) is 24.3 Å². The molecule has 0 bridgehead atoms. The van der Waals surface area contributed by atoms with E-state index in [4.69, 9.17) is 0 Å². The predicted octanol–water partition coefficient (Wildman–Crippen LogP) is 2.42. The maximum Gasteiger partial charge on any atom is 0.350 e. The van der Waals surface area contributed by atoms with Crippen molar-refractivity contribution in [1.82, 2.24) is 33.9 Å². The number of aromatic nitrogens is 7. The minimum atomic E-state index is -0.138. The van der Waals surface area contributed by atoms with Gasteiger partial charge in [-0.25, -0.2) is 24.1 Å². The second-order valence-electron chi connectivity index (χ2n) is 6.09. The maximum absolute atomic E-state index is 12.4. The molecule has 0 aliphatic rings. The van der Waals surface area contributed by atoms with Crippen LogP contribution in [0.1, 0.15) is 0 Å². The van der Waals surface area contributed by atoms with E-state index in [-0.39, 0.29) is 5.69 Å². The molecule has 0 saturated heterocycles. The van der Waals surface area contributed by atoms with Gasteiger partial charge in [-0.2, -0.15) is 5.10 Å². The third-order valence-corrected chi connectivity index (χ3v) is 5.35. The predicted molar refractivity (Wildman–Crippen MR) is 107 cm³/mol. The van der Waals surface area contributed by atoms with E-state index in [1.54, 1.807) is 35.2 Å². The zero-order valence-corrected chi connectivity index (χ0v) is 15.5. The summed E-state index contributed by atoms with van der Waals surface area (Å²) in [4.78, 5) is 21.1. The number of hydrogen-bond donors (Lipinski definition) is 0. The highest BCUT2D eigenvalue weighted by atomic mass is 32.2. The summed E-state index contributed by atoms with van der Waals surface area (Å²) < 4.78 is 4.82. The number of rotatable bonds is 5. The largest absolute Gasteiger partial charge is 0.350 e. The number of hydrogen-bond acceptors (Lipinski definition) is 6. The third kappa shape index (κ3) is 2.85. The van der Waals surface area contributed by atoms with Gasteiger partial charge in [0.05, 0.1) is 23.8 Å². The minimum Gasteiger partial charge on any atom is -0.250 e. The lowest BCUT2D eigenvalue weighted by Crippen LogP contribution is -2.22. The average molecular weight is 389 g/mol. The second kappa shape index (κ2) is 6.93. The third-order valence-electron chi connectivity index (χ3n) is 4.36. The summed E-state index contributed by atoms with van der Waals surface area (Å²) in [5.41, 5.74) is 2.21. The molecule has 0 fully saturated rings. The molecular weight excluding hydrogens is 374 g/mol. The Labute approximate surface area is 163 Å². The lowest BCUT2D eigenvalue weighted by molar-refractivity contribution is 0.639. The molecule has 0 spiro atoms. The molecule has 0 amide bonds. The summed E-state index contributed by atoms with van der Waals surface area (Å²) in [5.74, 6) is 0.659. The molecule has 0 N–H and O–H groups in total. The summed E-state index contributed by atoms with van der Waals surface area (Å²) >= 11 is 1.56. The molecule has 5 aromatic rings. The van der Waals surface area contributed by atoms with Gasteiger partial charge in [-0.15, -0.1) is 16.9 Å². The van der Waals surface area contributed by atoms with Crippen LogP contribution in [0.15, 0.2) is 77.1 Å². The first-order chi connectivity index (χ1) is 13.8. The van der Waals surface area contributed by atoms with Gasteiger partial charge in [0.15, 0.2) is 11.3 Å². The van der Waals surface area contributed by atoms with E-state index < -0.39 is 0 Å². The number of fused-ring (bicyclic) bond motifs is 2. The minimum absolute atomic E-state index is 0.138. The van der Waals surface area contributed by atoms with E-state index in [0.29, 0.717) is 17.9 Å². The number of benzene rings is 1. The van der Waals surface area contributed by atoms with Crippen LogP contribution in [0.3, 0.4) is 0 Å². The van der Waals surface area contributed by atoms with Gasteiger partial charge in [0, 0.05) is 11.9 Å². The normalized spacial score (nSPS) is 11.4. The van der Waals surface area contributed by atoms with Gasteiger partial charge in [0.25, 0.3) is 0 Å². The second-order valence-corrected chi connectivity index (χ2v) is 7.17. The molecule has 1 aromatic carbocycles. The highest BCUT2D eigenvalue weighted by Crippen LogP contribution is 2.25. The van der Waals surface area contributed by atoms with Crippen LogP contribution in [0.2, 0.25) is 0 Å². The van der Waals surface area contributed by atoms with Crippen molar-refractivity contribution in [3.05, 3.63) is 77.7 Å². The van der Waals surface area contributed by atoms with Gasteiger partial charge >= 0.3 is 5.69 Å². The van der Waals surface area contributed by atoms with E-state index >= 15 is 0 Å². The van der Waals surface area contributed by atoms with Gasteiger partial charge in [0.2, 0.25) is 0 Å². The fourth-order valence-corrected chi connectivity index (χ4v) is 3.92. The van der Waals surface area contributed by atoms with Crippen LogP contribution < -0.4 is 5.69 Å². The smallest absolute Gasteiger partial charge is 0.250 e. The fourth-order valence-electron chi connectivity index (χ4n) is 3.04. The molecule has 4 heterocycles. The van der Waals surface area contributed by atoms with Crippen molar-refractivity contribution in [1.29, 1.82) is 0 Å². The number of thioether (sulfide) groups is 1. The highest BCUT2D eigenvalue weighted by Gasteiger charge is 2.12. The summed E-state index contributed by atoms with van der Waals surface area (Å²) in [6.45, 7) is 0.490. The molecule has 138 valence electrons. The van der Waals surface area contributed by atoms with Crippen LogP contribution in [0.4, 0.5) is 0 Å². The van der Waals surface area contributed by atoms with E-state index in [2.05, 4.69) is 20.2 Å². The van der Waals surface area contributed by atoms with Crippen molar-refractivity contribution in [2.75, 3.05) is 5.75 Å². The molecule has 0 saturated carbocycles. The van der Waals surface area contributed by atoms with Crippen LogP contribution in [0.5, 0.6) is 0 Å². The summed E-state index contributed by atoms with van der Waals surface area (Å²) in [7, 11) is 0. The molecule has 5 rings (SSSR count). The van der Waals surface area contributed by atoms with E-state index in [1.807, 2.05) is 48.5 Å². The Morgan fingerprint density at radius 3 is 2.71 bits per heavy atom. The van der Waals surface area contributed by atoms with Crippen molar-refractivity contribution in [3.8, 4) is 5.69 Å². The van der Waals surface area contributed by atoms with E-state index in [1.165, 1.54) is 9.08 Å². The Hall–Kier alpha value is -3.46. The monoisotopic (exact) mass is 389 g/mol. The zero-order chi connectivity index (χ0) is 18.9. The van der Waals surface area contributed by atoms with Gasteiger partial charge in [-0.3, -0.25) is 4.40 Å². The molecule has 8 nitrogen and oxygen atoms in total. The van der Waals surface area contributed by atoms with Crippen LogP contribution in [0, 0.1) is 0 Å². The molecule has 0 atom stereocenters. The van der Waals surface area contributed by atoms with Crippen LogP contribution >= 0.6 is 11.8 Å². The highest BCUT2D eigenvalue weighted by molar-refractivity contribution is 7.99. The topological polar surface area (TPSA) is 82.9 Å². The number of pyridine rings is 1. The Kier molecular flexibility index (Phi) is 4.13. The van der Waals surface area contributed by atoms with Crippen molar-refractivity contribution in [3.63, 3.8) is 0 Å². The van der Waals surface area contributed by atoms with Crippen LogP contribution in [-0.4, -0.2) is 39.7 Å². The first kappa shape index (κ1) is 16.7. The Balaban J connectivity index is 1.39. The van der Waals surface area contributed by atoms with Gasteiger partial charge in [0.1, 0.15) is 11.4 Å². The number of nitrogens with zero attached hydrogens (tertiary/aromatic N) is 7. The Morgan fingerprint density at radius 2 is 1.86 bits per heavy atom. The van der Waals surface area contributed by atoms with Gasteiger partial charge in [-0.1, -0.05) is 24.3 Å². The SMILES string of the molecule is O=c1n(CCSc2ncnc3c2cnn3-c2ccccc2)nc2ccccn12. The average Bonchev–Trinajstić information content (AvgIpc) is 3.31. The standard InChI is InChI=1S/C19H15N7OS/c27-19-24-9-5-4-8-16(24)23-25(19)10-11-28-18-15-12-22-26(17(15)20-13-21-18)14-6-2-1-3-7-14/h1-9,12-13H,10-11H2. The van der Waals surface area contributed by atoms with Crippen LogP contribution in [0.25, 0.3) is 22.4 Å². The molecule has 0 aliphatic carbocycles.